The van der Waals surface area contributed by atoms with Gasteiger partial charge in [0.05, 0.1) is 30.8 Å². The average molecular weight is 280 g/mol. The topological polar surface area (TPSA) is 98.3 Å². The van der Waals surface area contributed by atoms with Crippen LogP contribution in [0.15, 0.2) is 6.33 Å². The number of nitrogens with one attached hydrogen (secondary N) is 2. The molecule has 1 amide bonds. The number of aliphatic carboxylic acids is 1. The van der Waals surface area contributed by atoms with Crippen LogP contribution in [0.5, 0.6) is 0 Å². The highest BCUT2D eigenvalue weighted by molar-refractivity contribution is 5.85. The molecule has 3 N–H and O–H groups in total. The van der Waals surface area contributed by atoms with Crippen LogP contribution in [-0.4, -0.2) is 50.5 Å². The van der Waals surface area contributed by atoms with E-state index in [1.807, 2.05) is 13.8 Å². The van der Waals surface area contributed by atoms with Crippen LogP contribution in [0.2, 0.25) is 0 Å². The molecule has 2 unspecified atom stereocenters. The number of H-pyrrole nitrogens is 1. The Morgan fingerprint density at radius 1 is 1.65 bits per heavy atom. The fourth-order valence-electron chi connectivity index (χ4n) is 2.23. The molecular formula is C13H20N4O3. The number of carbonyl (C=O) groups is 2. The van der Waals surface area contributed by atoms with E-state index in [4.69, 9.17) is 0 Å². The maximum atomic E-state index is 12.2. The van der Waals surface area contributed by atoms with E-state index >= 15 is 0 Å². The van der Waals surface area contributed by atoms with Crippen molar-refractivity contribution in [2.24, 2.45) is 0 Å². The van der Waals surface area contributed by atoms with Gasteiger partial charge in [-0.1, -0.05) is 6.92 Å². The van der Waals surface area contributed by atoms with Crippen LogP contribution < -0.4 is 5.32 Å². The molecular weight excluding hydrogens is 260 g/mol. The van der Waals surface area contributed by atoms with Crippen LogP contribution in [0.25, 0.3) is 0 Å². The molecule has 20 heavy (non-hydrogen) atoms. The van der Waals surface area contributed by atoms with Crippen molar-refractivity contribution in [3.05, 3.63) is 17.7 Å². The molecule has 110 valence electrons. The van der Waals surface area contributed by atoms with Gasteiger partial charge in [0, 0.05) is 12.5 Å². The van der Waals surface area contributed by atoms with Crippen molar-refractivity contribution in [3.63, 3.8) is 0 Å². The van der Waals surface area contributed by atoms with Crippen molar-refractivity contribution < 1.29 is 14.7 Å². The number of aromatic nitrogens is 2. The molecule has 0 fully saturated rings. The smallest absolute Gasteiger partial charge is 0.326 e. The summed E-state index contributed by atoms with van der Waals surface area (Å²) in [4.78, 5) is 32.0. The van der Waals surface area contributed by atoms with Gasteiger partial charge in [0.1, 0.15) is 6.04 Å². The van der Waals surface area contributed by atoms with Gasteiger partial charge in [-0.15, -0.1) is 0 Å². The second-order valence-electron chi connectivity index (χ2n) is 5.10. The first-order valence-corrected chi connectivity index (χ1v) is 6.79. The van der Waals surface area contributed by atoms with Crippen molar-refractivity contribution in [2.45, 2.75) is 45.3 Å². The first kappa shape index (κ1) is 14.5. The second-order valence-corrected chi connectivity index (χ2v) is 5.10. The lowest BCUT2D eigenvalue weighted by molar-refractivity contribution is -0.151. The van der Waals surface area contributed by atoms with E-state index in [9.17, 15) is 14.7 Å². The maximum Gasteiger partial charge on any atom is 0.326 e. The summed E-state index contributed by atoms with van der Waals surface area (Å²) in [6.07, 6.45) is 2.71. The monoisotopic (exact) mass is 280 g/mol. The van der Waals surface area contributed by atoms with E-state index in [0.717, 1.165) is 17.8 Å². The summed E-state index contributed by atoms with van der Waals surface area (Å²) >= 11 is 0. The number of nitrogens with zero attached hydrogens (tertiary/aromatic N) is 2. The number of carbonyl (C=O) groups excluding carboxylic acids is 1. The molecule has 1 aromatic heterocycles. The Kier molecular flexibility index (Phi) is 4.39. The Hall–Kier alpha value is -1.89. The van der Waals surface area contributed by atoms with Crippen molar-refractivity contribution in [1.82, 2.24) is 20.2 Å². The standard InChI is InChI=1S/C13H20N4O3/c1-3-8(2)14-5-12(18)17-6-10-9(15-7-16-10)4-11(17)13(19)20/h7-8,11,14H,3-6H2,1-2H3,(H,15,16)(H,19,20). The van der Waals surface area contributed by atoms with Crippen LogP contribution in [0, 0.1) is 0 Å². The Balaban J connectivity index is 2.08. The third-order valence-corrected chi connectivity index (χ3v) is 3.72. The van der Waals surface area contributed by atoms with Crippen molar-refractivity contribution in [1.29, 1.82) is 0 Å². The van der Waals surface area contributed by atoms with E-state index in [-0.39, 0.29) is 31.5 Å². The van der Waals surface area contributed by atoms with Crippen LogP contribution in [-0.2, 0) is 22.6 Å². The minimum atomic E-state index is -0.990. The van der Waals surface area contributed by atoms with Gasteiger partial charge in [-0.2, -0.15) is 0 Å². The highest BCUT2D eigenvalue weighted by atomic mass is 16.4. The van der Waals surface area contributed by atoms with E-state index in [1.54, 1.807) is 0 Å². The van der Waals surface area contributed by atoms with Crippen molar-refractivity contribution in [3.8, 4) is 0 Å². The molecule has 0 saturated carbocycles. The van der Waals surface area contributed by atoms with Gasteiger partial charge in [-0.25, -0.2) is 9.78 Å². The number of amides is 1. The molecule has 2 heterocycles. The fourth-order valence-corrected chi connectivity index (χ4v) is 2.23. The number of hydrogen-bond donors (Lipinski definition) is 3. The van der Waals surface area contributed by atoms with E-state index in [1.165, 1.54) is 11.2 Å². The third kappa shape index (κ3) is 2.98. The minimum Gasteiger partial charge on any atom is -0.480 e. The molecule has 0 bridgehead atoms. The summed E-state index contributed by atoms with van der Waals surface area (Å²) < 4.78 is 0. The number of rotatable bonds is 5. The SMILES string of the molecule is CCC(C)NCC(=O)N1Cc2[nH]cnc2CC1C(=O)O. The summed E-state index contributed by atoms with van der Waals surface area (Å²) in [6, 6.07) is -0.605. The summed E-state index contributed by atoms with van der Waals surface area (Å²) in [6.45, 7) is 4.45. The molecule has 0 saturated heterocycles. The van der Waals surface area contributed by atoms with Gasteiger partial charge in [-0.3, -0.25) is 4.79 Å². The lowest BCUT2D eigenvalue weighted by Gasteiger charge is -2.32. The van der Waals surface area contributed by atoms with Gasteiger partial charge in [-0.05, 0) is 13.3 Å². The van der Waals surface area contributed by atoms with E-state index in [0.29, 0.717) is 0 Å². The van der Waals surface area contributed by atoms with Gasteiger partial charge < -0.3 is 20.3 Å². The minimum absolute atomic E-state index is 0.155. The molecule has 1 aliphatic rings. The molecule has 2 atom stereocenters. The summed E-state index contributed by atoms with van der Waals surface area (Å²) in [7, 11) is 0. The van der Waals surface area contributed by atoms with E-state index < -0.39 is 12.0 Å². The van der Waals surface area contributed by atoms with Crippen molar-refractivity contribution >= 4 is 11.9 Å². The van der Waals surface area contributed by atoms with Crippen molar-refractivity contribution in [2.75, 3.05) is 6.54 Å². The second kappa shape index (κ2) is 6.04. The highest BCUT2D eigenvalue weighted by Gasteiger charge is 2.35. The zero-order chi connectivity index (χ0) is 14.7. The molecule has 1 aromatic rings. The molecule has 1 aliphatic heterocycles. The highest BCUT2D eigenvalue weighted by Crippen LogP contribution is 2.20. The molecule has 0 aliphatic carbocycles. The molecule has 7 heteroatoms. The van der Waals surface area contributed by atoms with Crippen LogP contribution >= 0.6 is 0 Å². The Morgan fingerprint density at radius 2 is 2.40 bits per heavy atom. The van der Waals surface area contributed by atoms with Gasteiger partial charge in [0.2, 0.25) is 5.91 Å². The van der Waals surface area contributed by atoms with Crippen LogP contribution in [0.3, 0.4) is 0 Å². The van der Waals surface area contributed by atoms with Crippen LogP contribution in [0.1, 0.15) is 31.7 Å². The molecule has 2 rings (SSSR count). The number of fused-ring (bicyclic) bond motifs is 1. The first-order valence-electron chi connectivity index (χ1n) is 6.79. The number of hydrogen-bond acceptors (Lipinski definition) is 4. The average Bonchev–Trinajstić information content (AvgIpc) is 2.89. The lowest BCUT2D eigenvalue weighted by Crippen LogP contribution is -2.51. The summed E-state index contributed by atoms with van der Waals surface area (Å²) in [5, 5.41) is 12.4. The maximum absolute atomic E-state index is 12.2. The number of aromatic amines is 1. The number of imidazole rings is 1. The predicted molar refractivity (Wildman–Crippen MR) is 72.0 cm³/mol. The normalized spacial score (nSPS) is 19.5. The number of carboxylic acids is 1. The Labute approximate surface area is 117 Å². The fraction of sp³-hybridized carbons (Fsp3) is 0.615. The zero-order valence-electron chi connectivity index (χ0n) is 11.7. The Morgan fingerprint density at radius 3 is 3.05 bits per heavy atom. The largest absolute Gasteiger partial charge is 0.480 e. The molecule has 0 aromatic carbocycles. The lowest BCUT2D eigenvalue weighted by atomic mass is 10.0. The summed E-state index contributed by atoms with van der Waals surface area (Å²) in [5.41, 5.74) is 1.55. The zero-order valence-corrected chi connectivity index (χ0v) is 11.7. The first-order chi connectivity index (χ1) is 9.52. The van der Waals surface area contributed by atoms with Gasteiger partial charge in [0.15, 0.2) is 0 Å². The van der Waals surface area contributed by atoms with Gasteiger partial charge in [0.25, 0.3) is 0 Å². The summed E-state index contributed by atoms with van der Waals surface area (Å²) in [5.74, 6) is -1.19. The third-order valence-electron chi connectivity index (χ3n) is 3.72. The molecule has 7 nitrogen and oxygen atoms in total. The predicted octanol–water partition coefficient (Wildman–Crippen LogP) is 0.136. The molecule has 0 spiro atoms. The molecule has 0 radical (unpaired) electrons. The van der Waals surface area contributed by atoms with Gasteiger partial charge >= 0.3 is 5.97 Å². The Bertz CT molecular complexity index is 500. The van der Waals surface area contributed by atoms with E-state index in [2.05, 4.69) is 15.3 Å². The van der Waals surface area contributed by atoms with Crippen LogP contribution in [0.4, 0.5) is 0 Å². The quantitative estimate of drug-likeness (QED) is 0.712. The number of carboxylic acid groups (broad SMARTS) is 1.